The molecule has 5 aliphatic rings. The molecule has 2 unspecified atom stereocenters. The van der Waals surface area contributed by atoms with Crippen LogP contribution < -0.4 is 0 Å². The first-order valence-electron chi connectivity index (χ1n) is 19.3. The standard InChI is InChI=1S/C48H26N8O3S/c57-60(58)59-56-47-39-23-31-15-7-5-13-29(31)21-37(39)45(54-47)52-43-35-19-27-11-3-1-9-25(27)17-33(35)41(50-43)49-42-34-18-26-10-2-4-12-28(26)20-36(34)44(51-42)53-46-38-22-30-14-6-8-16-32(30)24-40(38)48(56)55-46/h1-24,41H,(H,57,58). The van der Waals surface area contributed by atoms with E-state index in [0.29, 0.717) is 51.4 Å². The van der Waals surface area contributed by atoms with Crippen LogP contribution in [0.5, 0.6) is 0 Å². The molecule has 0 radical (unpaired) electrons. The van der Waals surface area contributed by atoms with Gasteiger partial charge in [0.1, 0.15) is 0 Å². The van der Waals surface area contributed by atoms with E-state index in [9.17, 15) is 8.76 Å². The van der Waals surface area contributed by atoms with Crippen molar-refractivity contribution in [2.75, 3.05) is 0 Å². The van der Waals surface area contributed by atoms with Gasteiger partial charge in [-0.1, -0.05) is 97.1 Å². The lowest BCUT2D eigenvalue weighted by molar-refractivity contribution is 0.105. The van der Waals surface area contributed by atoms with Crippen LogP contribution in [0.4, 0.5) is 0 Å². The SMILES string of the molecule is O=S(O)ON1C2=NC(=NC3=NC(=NC4N=C(N=C5N=C1c1cc6ccccc6cc15)c1cc5ccccc5cc14)c1cc4ccccc4cc13)c1cc3ccccc3cc12. The van der Waals surface area contributed by atoms with E-state index in [1.807, 2.05) is 97.1 Å². The van der Waals surface area contributed by atoms with Crippen molar-refractivity contribution >= 4 is 95.3 Å². The van der Waals surface area contributed by atoms with Crippen LogP contribution in [0, 0.1) is 0 Å². The summed E-state index contributed by atoms with van der Waals surface area (Å²) in [7, 11) is 0. The van der Waals surface area contributed by atoms with Gasteiger partial charge in [0.2, 0.25) is 0 Å². The molecule has 11 nitrogen and oxygen atoms in total. The normalized spacial score (nSPS) is 17.6. The fourth-order valence-electron chi connectivity index (χ4n) is 8.82. The molecule has 0 aliphatic carbocycles. The first-order chi connectivity index (χ1) is 29.5. The highest BCUT2D eigenvalue weighted by Gasteiger charge is 2.38. The third-order valence-corrected chi connectivity index (χ3v) is 11.9. The van der Waals surface area contributed by atoms with Crippen molar-refractivity contribution in [1.82, 2.24) is 5.06 Å². The predicted molar refractivity (Wildman–Crippen MR) is 238 cm³/mol. The van der Waals surface area contributed by atoms with Gasteiger partial charge in [0, 0.05) is 44.5 Å². The van der Waals surface area contributed by atoms with Crippen LogP contribution in [0.2, 0.25) is 0 Å². The van der Waals surface area contributed by atoms with Crippen molar-refractivity contribution in [2.45, 2.75) is 6.17 Å². The Morgan fingerprint density at radius 2 is 0.733 bits per heavy atom. The fraction of sp³-hybridized carbons (Fsp3) is 0.0208. The van der Waals surface area contributed by atoms with Crippen LogP contribution in [-0.2, 0) is 15.6 Å². The van der Waals surface area contributed by atoms with Crippen LogP contribution in [-0.4, -0.2) is 54.7 Å². The zero-order valence-corrected chi connectivity index (χ0v) is 32.0. The Balaban J connectivity index is 1.14. The molecule has 0 fully saturated rings. The molecule has 0 aromatic heterocycles. The van der Waals surface area contributed by atoms with Gasteiger partial charge in [-0.05, 0) is 91.6 Å². The number of aliphatic imine (C=N–C) groups is 7. The molecule has 60 heavy (non-hydrogen) atoms. The average molecular weight is 795 g/mol. The lowest BCUT2D eigenvalue weighted by Crippen LogP contribution is -2.37. The summed E-state index contributed by atoms with van der Waals surface area (Å²) in [6, 6.07) is 48.7. The summed E-state index contributed by atoms with van der Waals surface area (Å²) in [4.78, 5) is 36.3. The summed E-state index contributed by atoms with van der Waals surface area (Å²) in [6.07, 6.45) is -0.678. The molecular weight excluding hydrogens is 769 g/mol. The van der Waals surface area contributed by atoms with Crippen molar-refractivity contribution in [1.29, 1.82) is 0 Å². The lowest BCUT2D eigenvalue weighted by atomic mass is 9.99. The van der Waals surface area contributed by atoms with Crippen molar-refractivity contribution in [3.05, 3.63) is 190 Å². The van der Waals surface area contributed by atoms with Gasteiger partial charge >= 0.3 is 11.4 Å². The zero-order valence-electron chi connectivity index (χ0n) is 31.2. The summed E-state index contributed by atoms with van der Waals surface area (Å²) in [6.45, 7) is 0. The Bertz CT molecular complexity index is 3580. The maximum Gasteiger partial charge on any atom is 0.325 e. The predicted octanol–water partition coefficient (Wildman–Crippen LogP) is 9.06. The summed E-state index contributed by atoms with van der Waals surface area (Å²) >= 11 is -2.79. The monoisotopic (exact) mass is 794 g/mol. The van der Waals surface area contributed by atoms with Crippen LogP contribution in [0.3, 0.4) is 0 Å². The van der Waals surface area contributed by atoms with E-state index in [4.69, 9.17) is 39.2 Å². The quantitative estimate of drug-likeness (QED) is 0.175. The molecule has 282 valence electrons. The number of nitrogens with zero attached hydrogens (tertiary/aromatic N) is 8. The third kappa shape index (κ3) is 5.02. The largest absolute Gasteiger partial charge is 0.325 e. The number of amidine groups is 7. The van der Waals surface area contributed by atoms with E-state index in [1.54, 1.807) is 0 Å². The first kappa shape index (κ1) is 33.3. The average Bonchev–Trinajstić information content (AvgIpc) is 4.00. The van der Waals surface area contributed by atoms with Gasteiger partial charge in [-0.3, -0.25) is 4.55 Å². The Morgan fingerprint density at radius 1 is 0.417 bits per heavy atom. The highest BCUT2D eigenvalue weighted by Crippen LogP contribution is 2.39. The molecule has 0 saturated carbocycles. The van der Waals surface area contributed by atoms with Gasteiger partial charge < -0.3 is 0 Å². The van der Waals surface area contributed by atoms with E-state index in [0.717, 1.165) is 65.3 Å². The van der Waals surface area contributed by atoms with Crippen molar-refractivity contribution in [3.63, 3.8) is 0 Å². The lowest BCUT2D eigenvalue weighted by Gasteiger charge is -2.21. The van der Waals surface area contributed by atoms with Gasteiger partial charge in [0.25, 0.3) is 0 Å². The Kier molecular flexibility index (Phi) is 6.91. The fourth-order valence-corrected chi connectivity index (χ4v) is 9.08. The summed E-state index contributed by atoms with van der Waals surface area (Å²) in [5, 5.41) is 9.20. The number of fused-ring (bicyclic) bond motifs is 20. The van der Waals surface area contributed by atoms with Crippen LogP contribution in [0.25, 0.3) is 43.1 Å². The van der Waals surface area contributed by atoms with Gasteiger partial charge in [-0.2, -0.15) is 9.27 Å². The minimum Gasteiger partial charge on any atom is -0.282 e. The van der Waals surface area contributed by atoms with E-state index < -0.39 is 17.5 Å². The Hall–Kier alpha value is -7.64. The highest BCUT2D eigenvalue weighted by atomic mass is 32.2. The zero-order chi connectivity index (χ0) is 39.6. The smallest absolute Gasteiger partial charge is 0.282 e. The molecule has 13 rings (SSSR count). The molecule has 0 amide bonds. The van der Waals surface area contributed by atoms with Gasteiger partial charge in [-0.25, -0.2) is 34.9 Å². The maximum atomic E-state index is 12.8. The van der Waals surface area contributed by atoms with Crippen molar-refractivity contribution in [3.8, 4) is 0 Å². The summed E-state index contributed by atoms with van der Waals surface area (Å²) < 4.78 is 29.2. The molecule has 12 heteroatoms. The summed E-state index contributed by atoms with van der Waals surface area (Å²) in [5.74, 6) is 2.52. The number of hydrogen-bond acceptors (Lipinski definition) is 10. The topological polar surface area (TPSA) is 136 Å². The molecule has 5 heterocycles. The first-order valence-corrected chi connectivity index (χ1v) is 20.3. The maximum absolute atomic E-state index is 12.8. The molecule has 8 aromatic rings. The number of hydroxylamine groups is 2. The van der Waals surface area contributed by atoms with Gasteiger partial charge in [0.05, 0.1) is 0 Å². The molecule has 0 saturated heterocycles. The molecule has 2 atom stereocenters. The van der Waals surface area contributed by atoms with Crippen LogP contribution >= 0.6 is 0 Å². The van der Waals surface area contributed by atoms with E-state index in [-0.39, 0.29) is 11.7 Å². The van der Waals surface area contributed by atoms with Crippen LogP contribution in [0.15, 0.2) is 181 Å². The molecule has 8 aromatic carbocycles. The molecule has 5 aliphatic heterocycles. The van der Waals surface area contributed by atoms with Crippen molar-refractivity contribution < 1.29 is 13.0 Å². The van der Waals surface area contributed by atoms with E-state index >= 15 is 0 Å². The van der Waals surface area contributed by atoms with Crippen LogP contribution in [0.1, 0.15) is 50.7 Å². The molecule has 8 bridgehead atoms. The molecule has 1 N–H and O–H groups in total. The summed E-state index contributed by atoms with van der Waals surface area (Å²) in [5.41, 5.74) is 5.98. The number of hydrogen-bond donors (Lipinski definition) is 1. The Labute approximate surface area is 343 Å². The molecular formula is C48H26N8O3S. The second-order valence-corrected chi connectivity index (χ2v) is 15.6. The van der Waals surface area contributed by atoms with Gasteiger partial charge in [0.15, 0.2) is 47.0 Å². The van der Waals surface area contributed by atoms with E-state index in [2.05, 4.69) is 48.5 Å². The molecule has 0 spiro atoms. The second kappa shape index (κ2) is 12.4. The third-order valence-electron chi connectivity index (χ3n) is 11.6. The van der Waals surface area contributed by atoms with E-state index in [1.165, 1.54) is 5.06 Å². The Morgan fingerprint density at radius 3 is 1.17 bits per heavy atom. The minimum atomic E-state index is -2.79. The van der Waals surface area contributed by atoms with Gasteiger partial charge in [-0.15, -0.1) is 4.28 Å². The number of benzene rings is 8. The number of rotatable bonds is 2. The van der Waals surface area contributed by atoms with Crippen molar-refractivity contribution in [2.24, 2.45) is 34.9 Å². The second-order valence-electron chi connectivity index (χ2n) is 15.1. The highest BCUT2D eigenvalue weighted by molar-refractivity contribution is 7.74. The minimum absolute atomic E-state index is 0.226.